The van der Waals surface area contributed by atoms with E-state index in [9.17, 15) is 4.79 Å². The molecule has 0 saturated heterocycles. The normalized spacial score (nSPS) is 25.9. The largest absolute Gasteiger partial charge is 0.490 e. The summed E-state index contributed by atoms with van der Waals surface area (Å²) in [5.41, 5.74) is 0.708. The van der Waals surface area contributed by atoms with E-state index in [2.05, 4.69) is 36.7 Å². The number of ketones is 1. The summed E-state index contributed by atoms with van der Waals surface area (Å²) < 4.78 is 7.09. The molecule has 3 unspecified atom stereocenters. The Labute approximate surface area is 136 Å². The van der Waals surface area contributed by atoms with Crippen LogP contribution in [0.2, 0.25) is 0 Å². The minimum atomic E-state index is 0.0692. The second kappa shape index (κ2) is 6.95. The summed E-state index contributed by atoms with van der Waals surface area (Å²) in [6.45, 7) is 8.46. The van der Waals surface area contributed by atoms with E-state index in [0.717, 1.165) is 22.6 Å². The maximum Gasteiger partial charge on any atom is 0.160 e. The van der Waals surface area contributed by atoms with Gasteiger partial charge in [0.1, 0.15) is 11.9 Å². The molecule has 3 heteroatoms. The monoisotopic (exact) mass is 352 g/mol. The van der Waals surface area contributed by atoms with Crippen LogP contribution in [-0.2, 0) is 0 Å². The van der Waals surface area contributed by atoms with Gasteiger partial charge in [-0.1, -0.05) is 27.2 Å². The Hall–Kier alpha value is -0.830. The summed E-state index contributed by atoms with van der Waals surface area (Å²) in [5.74, 6) is 2.91. The Morgan fingerprint density at radius 1 is 1.33 bits per heavy atom. The van der Waals surface area contributed by atoms with Crippen LogP contribution in [-0.4, -0.2) is 11.9 Å². The number of hydrogen-bond acceptors (Lipinski definition) is 2. The van der Waals surface area contributed by atoms with Crippen LogP contribution in [0.1, 0.15) is 57.3 Å². The molecule has 2 rings (SSSR count). The minimum absolute atomic E-state index is 0.0692. The molecule has 0 heterocycles. The summed E-state index contributed by atoms with van der Waals surface area (Å²) >= 11 is 3.47. The maximum absolute atomic E-state index is 11.5. The van der Waals surface area contributed by atoms with Crippen molar-refractivity contribution in [1.29, 1.82) is 0 Å². The predicted molar refractivity (Wildman–Crippen MR) is 89.9 cm³/mol. The number of hydrogen-bond donors (Lipinski definition) is 0. The first-order chi connectivity index (χ1) is 9.88. The fourth-order valence-corrected chi connectivity index (χ4v) is 3.92. The average Bonchev–Trinajstić information content (AvgIpc) is 2.37. The zero-order valence-electron chi connectivity index (χ0n) is 13.4. The Balaban J connectivity index is 2.15. The molecule has 0 radical (unpaired) electrons. The molecule has 1 saturated carbocycles. The van der Waals surface area contributed by atoms with Crippen LogP contribution >= 0.6 is 15.9 Å². The highest BCUT2D eigenvalue weighted by molar-refractivity contribution is 9.10. The Morgan fingerprint density at radius 2 is 2.05 bits per heavy atom. The third-order valence-corrected chi connectivity index (χ3v) is 5.22. The number of Topliss-reactive ketones (excluding diaryl/α,β-unsaturated/α-hetero) is 1. The summed E-state index contributed by atoms with van der Waals surface area (Å²) in [6.07, 6.45) is 3.95. The van der Waals surface area contributed by atoms with Crippen LogP contribution in [0, 0.1) is 17.8 Å². The van der Waals surface area contributed by atoms with Gasteiger partial charge < -0.3 is 4.74 Å². The number of benzene rings is 1. The number of ether oxygens (including phenoxy) is 1. The second-order valence-electron chi connectivity index (χ2n) is 6.68. The van der Waals surface area contributed by atoms with Gasteiger partial charge in [-0.15, -0.1) is 0 Å². The number of rotatable bonds is 4. The molecule has 0 spiro atoms. The van der Waals surface area contributed by atoms with Crippen molar-refractivity contribution in [3.05, 3.63) is 28.2 Å². The zero-order chi connectivity index (χ0) is 15.6. The van der Waals surface area contributed by atoms with E-state index in [1.807, 2.05) is 18.2 Å². The molecule has 1 aliphatic carbocycles. The molecule has 1 aromatic carbocycles. The van der Waals surface area contributed by atoms with Gasteiger partial charge >= 0.3 is 0 Å². The quantitative estimate of drug-likeness (QED) is 0.669. The summed E-state index contributed by atoms with van der Waals surface area (Å²) in [5, 5.41) is 0. The lowest BCUT2D eigenvalue weighted by atomic mass is 9.75. The highest BCUT2D eigenvalue weighted by Gasteiger charge is 2.32. The fourth-order valence-electron chi connectivity index (χ4n) is 3.28. The third kappa shape index (κ3) is 4.09. The highest BCUT2D eigenvalue weighted by Crippen LogP contribution is 2.36. The van der Waals surface area contributed by atoms with E-state index in [1.165, 1.54) is 12.8 Å². The molecule has 2 nitrogen and oxygen atoms in total. The van der Waals surface area contributed by atoms with Gasteiger partial charge in [0.15, 0.2) is 5.78 Å². The van der Waals surface area contributed by atoms with E-state index in [-0.39, 0.29) is 11.9 Å². The molecule has 0 amide bonds. The molecule has 1 aliphatic rings. The van der Waals surface area contributed by atoms with Crippen LogP contribution < -0.4 is 4.74 Å². The second-order valence-corrected chi connectivity index (χ2v) is 7.53. The topological polar surface area (TPSA) is 26.3 Å². The van der Waals surface area contributed by atoms with Crippen LogP contribution in [0.4, 0.5) is 0 Å². The SMILES string of the molecule is CC(=O)c1ccc(OC2CC(C)CCC2C(C)C)cc1Br. The molecule has 1 aromatic rings. The van der Waals surface area contributed by atoms with Gasteiger partial charge in [0.25, 0.3) is 0 Å². The Kier molecular flexibility index (Phi) is 5.48. The lowest BCUT2D eigenvalue weighted by Crippen LogP contribution is -2.36. The number of carbonyl (C=O) groups excluding carboxylic acids is 1. The molecule has 21 heavy (non-hydrogen) atoms. The Morgan fingerprint density at radius 3 is 2.62 bits per heavy atom. The molecule has 0 N–H and O–H groups in total. The van der Waals surface area contributed by atoms with Crippen molar-refractivity contribution in [3.63, 3.8) is 0 Å². The van der Waals surface area contributed by atoms with E-state index in [1.54, 1.807) is 6.92 Å². The molecular formula is C18H25BrO2. The fraction of sp³-hybridized carbons (Fsp3) is 0.611. The molecule has 0 bridgehead atoms. The van der Waals surface area contributed by atoms with E-state index in [0.29, 0.717) is 17.4 Å². The molecule has 0 aliphatic heterocycles. The van der Waals surface area contributed by atoms with Crippen LogP contribution in [0.15, 0.2) is 22.7 Å². The maximum atomic E-state index is 11.5. The van der Waals surface area contributed by atoms with Gasteiger partial charge in [0, 0.05) is 10.0 Å². The molecular weight excluding hydrogens is 328 g/mol. The van der Waals surface area contributed by atoms with Gasteiger partial charge in [0.05, 0.1) is 0 Å². The first kappa shape index (κ1) is 16.5. The van der Waals surface area contributed by atoms with E-state index < -0.39 is 0 Å². The third-order valence-electron chi connectivity index (χ3n) is 4.57. The van der Waals surface area contributed by atoms with E-state index >= 15 is 0 Å². The van der Waals surface area contributed by atoms with Gasteiger partial charge in [-0.25, -0.2) is 0 Å². The van der Waals surface area contributed by atoms with Crippen molar-refractivity contribution in [1.82, 2.24) is 0 Å². The minimum Gasteiger partial charge on any atom is -0.490 e. The molecule has 116 valence electrons. The van der Waals surface area contributed by atoms with Gasteiger partial charge in [0.2, 0.25) is 0 Å². The predicted octanol–water partition coefficient (Wildman–Crippen LogP) is 5.49. The van der Waals surface area contributed by atoms with E-state index in [4.69, 9.17) is 4.74 Å². The summed E-state index contributed by atoms with van der Waals surface area (Å²) in [6, 6.07) is 5.68. The van der Waals surface area contributed by atoms with Crippen molar-refractivity contribution < 1.29 is 9.53 Å². The van der Waals surface area contributed by atoms with Crippen LogP contribution in [0.25, 0.3) is 0 Å². The summed E-state index contributed by atoms with van der Waals surface area (Å²) in [4.78, 5) is 11.5. The van der Waals surface area contributed by atoms with Gasteiger partial charge in [-0.2, -0.15) is 0 Å². The van der Waals surface area contributed by atoms with Crippen molar-refractivity contribution in [2.45, 2.75) is 53.1 Å². The van der Waals surface area contributed by atoms with Crippen LogP contribution in [0.5, 0.6) is 5.75 Å². The standard InChI is InChI=1S/C18H25BrO2/c1-11(2)15-7-5-12(3)9-18(15)21-14-6-8-16(13(4)20)17(19)10-14/h6,8,10-12,15,18H,5,7,9H2,1-4H3. The molecule has 1 fully saturated rings. The lowest BCUT2D eigenvalue weighted by molar-refractivity contribution is 0.0460. The zero-order valence-corrected chi connectivity index (χ0v) is 14.9. The van der Waals surface area contributed by atoms with Crippen molar-refractivity contribution in [3.8, 4) is 5.75 Å². The smallest absolute Gasteiger partial charge is 0.160 e. The van der Waals surface area contributed by atoms with Gasteiger partial charge in [-0.05, 0) is 71.6 Å². The van der Waals surface area contributed by atoms with Crippen molar-refractivity contribution >= 4 is 21.7 Å². The molecule has 0 aromatic heterocycles. The van der Waals surface area contributed by atoms with Crippen molar-refractivity contribution in [2.75, 3.05) is 0 Å². The first-order valence-corrected chi connectivity index (χ1v) is 8.65. The summed E-state index contributed by atoms with van der Waals surface area (Å²) in [7, 11) is 0. The van der Waals surface area contributed by atoms with Gasteiger partial charge in [-0.3, -0.25) is 4.79 Å². The average molecular weight is 353 g/mol. The Bertz CT molecular complexity index is 510. The first-order valence-electron chi connectivity index (χ1n) is 7.85. The number of carbonyl (C=O) groups is 1. The van der Waals surface area contributed by atoms with Crippen LogP contribution in [0.3, 0.4) is 0 Å². The lowest BCUT2D eigenvalue weighted by Gasteiger charge is -2.37. The highest BCUT2D eigenvalue weighted by atomic mass is 79.9. The number of halogens is 1. The van der Waals surface area contributed by atoms with Crippen molar-refractivity contribution in [2.24, 2.45) is 17.8 Å². The molecule has 3 atom stereocenters.